The Balaban J connectivity index is 1.69. The largest absolute Gasteiger partial charge is 0.480 e. The maximum Gasteiger partial charge on any atom is 0.335 e. The van der Waals surface area contributed by atoms with Gasteiger partial charge in [0.05, 0.1) is 19.4 Å². The van der Waals surface area contributed by atoms with E-state index >= 15 is 0 Å². The van der Waals surface area contributed by atoms with Crippen molar-refractivity contribution in [3.63, 3.8) is 0 Å². The zero-order chi connectivity index (χ0) is 23.1. The second kappa shape index (κ2) is 10.6. The molecule has 8 nitrogen and oxygen atoms in total. The van der Waals surface area contributed by atoms with E-state index in [0.29, 0.717) is 11.1 Å². The maximum atomic E-state index is 12.7. The first-order valence-corrected chi connectivity index (χ1v) is 12.1. The number of hydrogen-bond acceptors (Lipinski definition) is 5. The lowest BCUT2D eigenvalue weighted by atomic mass is 10.0. The molecule has 1 amide bonds. The number of carboxylic acids is 1. The van der Waals surface area contributed by atoms with Crippen molar-refractivity contribution in [3.8, 4) is 0 Å². The zero-order valence-electron chi connectivity index (χ0n) is 18.0. The highest BCUT2D eigenvalue weighted by molar-refractivity contribution is 7.53. The van der Waals surface area contributed by atoms with Gasteiger partial charge in [0, 0.05) is 29.1 Å². The average Bonchev–Trinajstić information content (AvgIpc) is 3.17. The van der Waals surface area contributed by atoms with Crippen LogP contribution >= 0.6 is 7.60 Å². The fourth-order valence-corrected chi connectivity index (χ4v) is 5.17. The number of rotatable bonds is 11. The van der Waals surface area contributed by atoms with Gasteiger partial charge in [-0.1, -0.05) is 30.3 Å². The second-order valence-electron chi connectivity index (χ2n) is 7.23. The third kappa shape index (κ3) is 5.85. The Morgan fingerprint density at radius 3 is 2.34 bits per heavy atom. The molecule has 9 heteroatoms. The summed E-state index contributed by atoms with van der Waals surface area (Å²) < 4.78 is 23.3. The van der Waals surface area contributed by atoms with Crippen LogP contribution in [0.3, 0.4) is 0 Å². The highest BCUT2D eigenvalue weighted by Gasteiger charge is 2.25. The first-order chi connectivity index (χ1) is 15.3. The Morgan fingerprint density at radius 1 is 1.06 bits per heavy atom. The maximum absolute atomic E-state index is 12.7. The fraction of sp³-hybridized carbons (Fsp3) is 0.304. The van der Waals surface area contributed by atoms with Gasteiger partial charge in [0.25, 0.3) is 5.91 Å². The van der Waals surface area contributed by atoms with Gasteiger partial charge in [0.1, 0.15) is 6.04 Å². The fourth-order valence-electron chi connectivity index (χ4n) is 3.47. The molecule has 0 spiro atoms. The summed E-state index contributed by atoms with van der Waals surface area (Å²) in [4.78, 5) is 27.6. The summed E-state index contributed by atoms with van der Waals surface area (Å²) in [5, 5.41) is 13.1. The molecule has 3 N–H and O–H groups in total. The minimum Gasteiger partial charge on any atom is -0.480 e. The van der Waals surface area contributed by atoms with Crippen molar-refractivity contribution in [2.24, 2.45) is 0 Å². The molecular weight excluding hydrogens is 431 g/mol. The van der Waals surface area contributed by atoms with Crippen LogP contribution in [-0.4, -0.2) is 41.2 Å². The van der Waals surface area contributed by atoms with Gasteiger partial charge in [0.2, 0.25) is 0 Å². The number of para-hydroxylation sites is 1. The number of nitrogens with one attached hydrogen (secondary N) is 2. The number of H-pyrrole nitrogens is 1. The van der Waals surface area contributed by atoms with Gasteiger partial charge in [-0.3, -0.25) is 9.36 Å². The Kier molecular flexibility index (Phi) is 7.85. The van der Waals surface area contributed by atoms with E-state index < -0.39 is 25.5 Å². The Hall–Kier alpha value is -2.93. The molecule has 0 saturated heterocycles. The number of carbonyl (C=O) groups excluding carboxylic acids is 1. The summed E-state index contributed by atoms with van der Waals surface area (Å²) in [6.07, 6.45) is 2.00. The van der Waals surface area contributed by atoms with Crippen molar-refractivity contribution in [2.75, 3.05) is 13.2 Å². The van der Waals surface area contributed by atoms with Gasteiger partial charge in [0.15, 0.2) is 0 Å². The lowest BCUT2D eigenvalue weighted by Crippen LogP contribution is -2.42. The molecule has 0 aliphatic heterocycles. The molecule has 0 saturated carbocycles. The molecule has 0 radical (unpaired) electrons. The number of carbonyl (C=O) groups is 2. The molecule has 3 aromatic rings. The van der Waals surface area contributed by atoms with E-state index in [1.165, 1.54) is 0 Å². The molecule has 1 atom stereocenters. The minimum absolute atomic E-state index is 0.0922. The lowest BCUT2D eigenvalue weighted by molar-refractivity contribution is -0.139. The normalized spacial score (nSPS) is 12.6. The molecule has 0 aliphatic carbocycles. The summed E-state index contributed by atoms with van der Waals surface area (Å²) in [5.41, 5.74) is 2.72. The lowest BCUT2D eigenvalue weighted by Gasteiger charge is -2.17. The van der Waals surface area contributed by atoms with E-state index in [1.807, 2.05) is 24.3 Å². The number of amides is 1. The monoisotopic (exact) mass is 458 g/mol. The summed E-state index contributed by atoms with van der Waals surface area (Å²) in [5.74, 6) is -1.61. The third-order valence-electron chi connectivity index (χ3n) is 4.95. The van der Waals surface area contributed by atoms with Crippen molar-refractivity contribution in [1.82, 2.24) is 10.3 Å². The van der Waals surface area contributed by atoms with Crippen LogP contribution in [0.5, 0.6) is 0 Å². The van der Waals surface area contributed by atoms with Gasteiger partial charge in [-0.25, -0.2) is 4.79 Å². The van der Waals surface area contributed by atoms with Gasteiger partial charge < -0.3 is 24.5 Å². The van der Waals surface area contributed by atoms with E-state index in [2.05, 4.69) is 10.3 Å². The molecule has 1 heterocycles. The average molecular weight is 458 g/mol. The highest BCUT2D eigenvalue weighted by Crippen LogP contribution is 2.51. The first-order valence-electron chi connectivity index (χ1n) is 10.4. The Labute approximate surface area is 186 Å². The van der Waals surface area contributed by atoms with Gasteiger partial charge >= 0.3 is 13.6 Å². The van der Waals surface area contributed by atoms with Crippen LogP contribution < -0.4 is 5.32 Å². The van der Waals surface area contributed by atoms with Crippen molar-refractivity contribution < 1.29 is 28.3 Å². The van der Waals surface area contributed by atoms with Crippen molar-refractivity contribution >= 4 is 30.4 Å². The summed E-state index contributed by atoms with van der Waals surface area (Å²) in [7, 11) is -3.25. The highest BCUT2D eigenvalue weighted by atomic mass is 31.2. The summed E-state index contributed by atoms with van der Waals surface area (Å²) in [6, 6.07) is 13.0. The van der Waals surface area contributed by atoms with Crippen molar-refractivity contribution in [3.05, 3.63) is 71.4 Å². The van der Waals surface area contributed by atoms with Crippen LogP contribution in [0.4, 0.5) is 0 Å². The number of benzene rings is 2. The van der Waals surface area contributed by atoms with Gasteiger partial charge in [-0.2, -0.15) is 0 Å². The SMILES string of the molecule is CCOP(=O)(Cc1ccc(C(=O)N[C@@H](Cc2c[nH]c3ccccc23)C(=O)O)cc1)OCC. The molecule has 2 aromatic carbocycles. The van der Waals surface area contributed by atoms with Gasteiger partial charge in [-0.15, -0.1) is 0 Å². The third-order valence-corrected chi connectivity index (χ3v) is 7.00. The molecule has 0 aliphatic rings. The minimum atomic E-state index is -3.25. The van der Waals surface area contributed by atoms with Crippen LogP contribution in [0.15, 0.2) is 54.7 Å². The van der Waals surface area contributed by atoms with Crippen LogP contribution in [0.1, 0.15) is 35.3 Å². The predicted molar refractivity (Wildman–Crippen MR) is 122 cm³/mol. The number of fused-ring (bicyclic) bond motifs is 1. The molecule has 0 bridgehead atoms. The number of aliphatic carboxylic acids is 1. The van der Waals surface area contributed by atoms with Crippen LogP contribution in [-0.2, 0) is 31.0 Å². The standard InChI is InChI=1S/C23H27N2O6P/c1-3-30-32(29,31-4-2)15-16-9-11-17(12-10-16)22(26)25-21(23(27)28)13-18-14-24-20-8-6-5-7-19(18)20/h5-12,14,21,24H,3-4,13,15H2,1-2H3,(H,25,26)(H,27,28)/t21-/m0/s1. The molecule has 170 valence electrons. The van der Waals surface area contributed by atoms with E-state index in [0.717, 1.165) is 16.5 Å². The number of aromatic nitrogens is 1. The predicted octanol–water partition coefficient (Wildman–Crippen LogP) is 4.36. The quantitative estimate of drug-likeness (QED) is 0.368. The number of carboxylic acid groups (broad SMARTS) is 1. The zero-order valence-corrected chi connectivity index (χ0v) is 18.9. The van der Waals surface area contributed by atoms with E-state index in [1.54, 1.807) is 44.3 Å². The molecule has 0 fully saturated rings. The molecular formula is C23H27N2O6P. The molecule has 32 heavy (non-hydrogen) atoms. The van der Waals surface area contributed by atoms with Gasteiger partial charge in [-0.05, 0) is 43.2 Å². The second-order valence-corrected chi connectivity index (χ2v) is 9.28. The van der Waals surface area contributed by atoms with Crippen LogP contribution in [0, 0.1) is 0 Å². The summed E-state index contributed by atoms with van der Waals surface area (Å²) >= 11 is 0. The first kappa shape index (κ1) is 23.7. The molecule has 1 aromatic heterocycles. The molecule has 3 rings (SSSR count). The smallest absolute Gasteiger partial charge is 0.335 e. The molecule has 0 unspecified atom stereocenters. The van der Waals surface area contributed by atoms with E-state index in [-0.39, 0.29) is 25.8 Å². The van der Waals surface area contributed by atoms with E-state index in [9.17, 15) is 19.3 Å². The Morgan fingerprint density at radius 2 is 1.72 bits per heavy atom. The topological polar surface area (TPSA) is 118 Å². The van der Waals surface area contributed by atoms with E-state index in [4.69, 9.17) is 9.05 Å². The van der Waals surface area contributed by atoms with Crippen LogP contribution in [0.25, 0.3) is 10.9 Å². The van der Waals surface area contributed by atoms with Crippen molar-refractivity contribution in [2.45, 2.75) is 32.5 Å². The summed E-state index contributed by atoms with van der Waals surface area (Å²) in [6.45, 7) is 4.03. The van der Waals surface area contributed by atoms with Crippen molar-refractivity contribution in [1.29, 1.82) is 0 Å². The Bertz CT molecular complexity index is 1110. The number of hydrogen-bond donors (Lipinski definition) is 3. The number of aromatic amines is 1. The van der Waals surface area contributed by atoms with Crippen LogP contribution in [0.2, 0.25) is 0 Å².